The molecule has 2 heterocycles. The van der Waals surface area contributed by atoms with E-state index in [-0.39, 0.29) is 0 Å². The maximum absolute atomic E-state index is 6.01. The molecule has 0 unspecified atom stereocenters. The zero-order valence-corrected chi connectivity index (χ0v) is 17.6. The van der Waals surface area contributed by atoms with Gasteiger partial charge in [0.2, 0.25) is 0 Å². The largest absolute Gasteiger partial charge is 0.378 e. The van der Waals surface area contributed by atoms with Gasteiger partial charge in [0.15, 0.2) is 5.96 Å². The van der Waals surface area contributed by atoms with Gasteiger partial charge in [-0.25, -0.2) is 0 Å². The predicted octanol–water partition coefficient (Wildman–Crippen LogP) is 4.01. The highest BCUT2D eigenvalue weighted by atomic mass is 32.1. The maximum atomic E-state index is 6.01. The number of thiophene rings is 1. The van der Waals surface area contributed by atoms with Gasteiger partial charge in [0.25, 0.3) is 0 Å². The lowest BCUT2D eigenvalue weighted by Gasteiger charge is -2.33. The van der Waals surface area contributed by atoms with E-state index in [2.05, 4.69) is 40.0 Å². The fraction of sp³-hybridized carbons (Fsp3) is 0.762. The Morgan fingerprint density at radius 2 is 2.04 bits per heavy atom. The smallest absolute Gasteiger partial charge is 0.191 e. The van der Waals surface area contributed by atoms with E-state index in [1.807, 2.05) is 11.3 Å². The number of piperidine rings is 1. The molecule has 152 valence electrons. The van der Waals surface area contributed by atoms with Gasteiger partial charge in [-0.15, -0.1) is 11.3 Å². The Bertz CT molecular complexity index is 534. The molecule has 2 fully saturated rings. The van der Waals surface area contributed by atoms with E-state index in [0.717, 1.165) is 58.0 Å². The first kappa shape index (κ1) is 20.5. The molecule has 1 aromatic rings. The molecule has 6 heteroatoms. The van der Waals surface area contributed by atoms with E-state index in [1.54, 1.807) is 0 Å². The van der Waals surface area contributed by atoms with Gasteiger partial charge in [-0.2, -0.15) is 0 Å². The number of rotatable bonds is 8. The highest BCUT2D eigenvalue weighted by molar-refractivity contribution is 7.14. The molecule has 1 saturated heterocycles. The van der Waals surface area contributed by atoms with Gasteiger partial charge in [0.05, 0.1) is 11.1 Å². The summed E-state index contributed by atoms with van der Waals surface area (Å²) in [5, 5.41) is 10.6. The Hall–Kier alpha value is -1.27. The molecule has 0 atom stereocenters. The summed E-state index contributed by atoms with van der Waals surface area (Å²) < 4.78 is 6.01. The van der Waals surface area contributed by atoms with Crippen LogP contribution in [0.3, 0.4) is 0 Å². The van der Waals surface area contributed by atoms with Crippen LogP contribution in [0.25, 0.3) is 0 Å². The van der Waals surface area contributed by atoms with Gasteiger partial charge in [0, 0.05) is 38.8 Å². The molecule has 2 N–H and O–H groups in total. The summed E-state index contributed by atoms with van der Waals surface area (Å²) in [7, 11) is 0. The lowest BCUT2D eigenvalue weighted by Crippen LogP contribution is -2.48. The minimum atomic E-state index is 0.502. The molecule has 1 aliphatic carbocycles. The number of ether oxygens (including phenoxy) is 1. The molecular weight excluding hydrogens is 356 g/mol. The van der Waals surface area contributed by atoms with Crippen LogP contribution >= 0.6 is 11.3 Å². The van der Waals surface area contributed by atoms with Crippen LogP contribution in [0.1, 0.15) is 58.3 Å². The Kier molecular flexibility index (Phi) is 8.75. The minimum Gasteiger partial charge on any atom is -0.378 e. The Morgan fingerprint density at radius 1 is 1.22 bits per heavy atom. The summed E-state index contributed by atoms with van der Waals surface area (Å²) in [5.41, 5.74) is 0. The molecule has 0 amide bonds. The highest BCUT2D eigenvalue weighted by Crippen LogP contribution is 2.24. The van der Waals surface area contributed by atoms with Crippen molar-refractivity contribution in [2.45, 2.75) is 70.4 Å². The zero-order chi connectivity index (χ0) is 18.7. The molecule has 1 saturated carbocycles. The van der Waals surface area contributed by atoms with Crippen molar-refractivity contribution in [3.63, 3.8) is 0 Å². The molecule has 0 bridgehead atoms. The fourth-order valence-corrected chi connectivity index (χ4v) is 4.73. The number of hydrogen-bond donors (Lipinski definition) is 2. The normalized spacial score (nSPS) is 20.0. The minimum absolute atomic E-state index is 0.502. The van der Waals surface area contributed by atoms with Crippen molar-refractivity contribution in [3.8, 4) is 0 Å². The topological polar surface area (TPSA) is 48.9 Å². The summed E-state index contributed by atoms with van der Waals surface area (Å²) >= 11 is 1.84. The summed E-state index contributed by atoms with van der Waals surface area (Å²) in [4.78, 5) is 7.26. The van der Waals surface area contributed by atoms with Crippen molar-refractivity contribution in [2.75, 3.05) is 37.7 Å². The Balaban J connectivity index is 1.34. The molecular formula is C21H36N4OS. The van der Waals surface area contributed by atoms with Gasteiger partial charge >= 0.3 is 0 Å². The van der Waals surface area contributed by atoms with Crippen LogP contribution < -0.4 is 15.5 Å². The first-order chi connectivity index (χ1) is 13.3. The zero-order valence-electron chi connectivity index (χ0n) is 16.8. The van der Waals surface area contributed by atoms with Gasteiger partial charge in [-0.05, 0) is 56.5 Å². The number of guanidine groups is 1. The lowest BCUT2D eigenvalue weighted by atomic mass is 9.98. The molecule has 1 aromatic heterocycles. The Morgan fingerprint density at radius 3 is 2.74 bits per heavy atom. The first-order valence-electron chi connectivity index (χ1n) is 10.8. The monoisotopic (exact) mass is 392 g/mol. The van der Waals surface area contributed by atoms with Gasteiger partial charge < -0.3 is 20.3 Å². The van der Waals surface area contributed by atoms with Crippen LogP contribution in [0.5, 0.6) is 0 Å². The number of nitrogens with zero attached hydrogens (tertiary/aromatic N) is 2. The maximum Gasteiger partial charge on any atom is 0.191 e. The lowest BCUT2D eigenvalue weighted by molar-refractivity contribution is 0.0281. The third-order valence-corrected chi connectivity index (χ3v) is 6.40. The highest BCUT2D eigenvalue weighted by Gasteiger charge is 2.20. The van der Waals surface area contributed by atoms with Crippen molar-refractivity contribution in [2.24, 2.45) is 4.99 Å². The van der Waals surface area contributed by atoms with Crippen LogP contribution in [-0.2, 0) is 4.74 Å². The fourth-order valence-electron chi connectivity index (χ4n) is 3.94. The van der Waals surface area contributed by atoms with Crippen molar-refractivity contribution >= 4 is 22.3 Å². The Labute approximate surface area is 168 Å². The van der Waals surface area contributed by atoms with Crippen molar-refractivity contribution in [1.82, 2.24) is 10.6 Å². The second-order valence-electron chi connectivity index (χ2n) is 7.60. The van der Waals surface area contributed by atoms with Gasteiger partial charge in [-0.3, -0.25) is 4.99 Å². The van der Waals surface area contributed by atoms with E-state index in [1.165, 1.54) is 37.1 Å². The van der Waals surface area contributed by atoms with Crippen LogP contribution in [0, 0.1) is 0 Å². The average molecular weight is 393 g/mol. The third kappa shape index (κ3) is 7.00. The van der Waals surface area contributed by atoms with Crippen LogP contribution in [0.2, 0.25) is 0 Å². The predicted molar refractivity (Wildman–Crippen MR) is 116 cm³/mol. The van der Waals surface area contributed by atoms with Crippen molar-refractivity contribution < 1.29 is 4.74 Å². The standard InChI is InChI=1S/C21H36N4OS/c1-2-22-21(23-13-7-16-26-19-8-4-3-5-9-19)24-18-11-14-25(15-12-18)20-10-6-17-27-20/h6,10,17-19H,2-5,7-9,11-16H2,1H3,(H2,22,23,24). The first-order valence-corrected chi connectivity index (χ1v) is 11.7. The van der Waals surface area contributed by atoms with E-state index in [9.17, 15) is 0 Å². The van der Waals surface area contributed by atoms with E-state index in [4.69, 9.17) is 9.73 Å². The molecule has 0 spiro atoms. The van der Waals surface area contributed by atoms with Crippen molar-refractivity contribution in [1.29, 1.82) is 0 Å². The molecule has 0 aromatic carbocycles. The molecule has 2 aliphatic rings. The number of nitrogens with one attached hydrogen (secondary N) is 2. The molecule has 5 nitrogen and oxygen atoms in total. The summed E-state index contributed by atoms with van der Waals surface area (Å²) in [6.45, 7) is 6.93. The number of aliphatic imine (C=N–C) groups is 1. The summed E-state index contributed by atoms with van der Waals surface area (Å²) in [5.74, 6) is 0.963. The number of hydrogen-bond acceptors (Lipinski definition) is 4. The van der Waals surface area contributed by atoms with Gasteiger partial charge in [0.1, 0.15) is 0 Å². The molecule has 27 heavy (non-hydrogen) atoms. The third-order valence-electron chi connectivity index (χ3n) is 5.48. The number of anilines is 1. The van der Waals surface area contributed by atoms with Gasteiger partial charge in [-0.1, -0.05) is 19.3 Å². The molecule has 3 rings (SSSR count). The van der Waals surface area contributed by atoms with Crippen LogP contribution in [-0.4, -0.2) is 50.9 Å². The van der Waals surface area contributed by atoms with E-state index < -0.39 is 0 Å². The van der Waals surface area contributed by atoms with Crippen LogP contribution in [0.15, 0.2) is 22.5 Å². The summed E-state index contributed by atoms with van der Waals surface area (Å²) in [6, 6.07) is 4.87. The average Bonchev–Trinajstić information content (AvgIpc) is 3.24. The van der Waals surface area contributed by atoms with E-state index in [0.29, 0.717) is 12.1 Å². The molecule has 0 radical (unpaired) electrons. The quantitative estimate of drug-likeness (QED) is 0.399. The van der Waals surface area contributed by atoms with Crippen molar-refractivity contribution in [3.05, 3.63) is 17.5 Å². The van der Waals surface area contributed by atoms with Crippen LogP contribution in [0.4, 0.5) is 5.00 Å². The summed E-state index contributed by atoms with van der Waals surface area (Å²) in [6.07, 6.45) is 10.4. The van der Waals surface area contributed by atoms with E-state index >= 15 is 0 Å². The second kappa shape index (κ2) is 11.5. The molecule has 1 aliphatic heterocycles. The SMILES string of the molecule is CCNC(=NCCCOC1CCCCC1)NC1CCN(c2cccs2)CC1. The second-order valence-corrected chi connectivity index (χ2v) is 8.53.